The summed E-state index contributed by atoms with van der Waals surface area (Å²) in [6.45, 7) is 14.9. The molecule has 152 valence electrons. The van der Waals surface area contributed by atoms with Gasteiger partial charge in [-0.1, -0.05) is 51.1 Å². The van der Waals surface area contributed by atoms with Crippen LogP contribution in [-0.2, 0) is 20.6 Å². The van der Waals surface area contributed by atoms with Crippen molar-refractivity contribution in [1.82, 2.24) is 5.06 Å². The van der Waals surface area contributed by atoms with Crippen LogP contribution in [0.15, 0.2) is 30.3 Å². The van der Waals surface area contributed by atoms with Crippen LogP contribution in [0.4, 0.5) is 0 Å². The van der Waals surface area contributed by atoms with Crippen LogP contribution < -0.4 is 0 Å². The molecule has 1 aliphatic heterocycles. The van der Waals surface area contributed by atoms with Gasteiger partial charge in [0, 0.05) is 13.0 Å². The third-order valence-electron chi connectivity index (χ3n) is 5.58. The molecule has 0 unspecified atom stereocenters. The lowest BCUT2D eigenvalue weighted by molar-refractivity contribution is -0.212. The third-order valence-corrected chi connectivity index (χ3v) is 9.88. The lowest BCUT2D eigenvalue weighted by atomic mass is 9.90. The van der Waals surface area contributed by atoms with Gasteiger partial charge in [0.05, 0.1) is 12.2 Å². The molecule has 0 aromatic heterocycles. The molecule has 1 fully saturated rings. The zero-order valence-electron chi connectivity index (χ0n) is 17.8. The molecule has 6 heteroatoms. The maximum Gasteiger partial charge on any atom is 0.220 e. The van der Waals surface area contributed by atoms with Crippen molar-refractivity contribution in [3.63, 3.8) is 0 Å². The average molecular weight is 394 g/mol. The van der Waals surface area contributed by atoms with Gasteiger partial charge in [0.1, 0.15) is 12.1 Å². The number of aliphatic hydroxyl groups is 1. The highest BCUT2D eigenvalue weighted by molar-refractivity contribution is 6.74. The Balaban J connectivity index is 2.37. The van der Waals surface area contributed by atoms with Crippen LogP contribution in [0.2, 0.25) is 18.1 Å². The quantitative estimate of drug-likeness (QED) is 0.586. The number of benzene rings is 1. The van der Waals surface area contributed by atoms with Crippen LogP contribution >= 0.6 is 0 Å². The highest BCUT2D eigenvalue weighted by Crippen LogP contribution is 2.39. The predicted octanol–water partition coefficient (Wildman–Crippen LogP) is 3.92. The molecule has 0 aliphatic carbocycles. The van der Waals surface area contributed by atoms with E-state index in [1.165, 1.54) is 0 Å². The van der Waals surface area contributed by atoms with Crippen LogP contribution in [0.25, 0.3) is 0 Å². The molecule has 0 amide bonds. The standard InChI is InChI=1S/C21H35NO4Si/c1-20(2,3)27(6,7)26-22(14-16-11-9-8-10-12-16)19-17(24)13-21(4,5)25-18(19)15-23/h8-12,18-19,23H,13-15H2,1-7H3/t18-,19-/m1/s1. The highest BCUT2D eigenvalue weighted by atomic mass is 28.4. The SMILES string of the molecule is CC1(C)CC(=O)[C@@H](N(Cc2ccccc2)O[Si](C)(C)C(C)(C)C)[C@@H](CO)O1. The molecular weight excluding hydrogens is 358 g/mol. The summed E-state index contributed by atoms with van der Waals surface area (Å²) >= 11 is 0. The molecule has 1 aromatic carbocycles. The molecule has 1 saturated heterocycles. The van der Waals surface area contributed by atoms with Crippen molar-refractivity contribution in [2.24, 2.45) is 0 Å². The van der Waals surface area contributed by atoms with E-state index in [1.807, 2.05) is 44.2 Å². The second-order valence-electron chi connectivity index (χ2n) is 9.60. The fourth-order valence-corrected chi connectivity index (χ4v) is 4.15. The average Bonchev–Trinajstić information content (AvgIpc) is 2.52. The van der Waals surface area contributed by atoms with Gasteiger partial charge in [0.15, 0.2) is 5.78 Å². The van der Waals surface area contributed by atoms with Crippen molar-refractivity contribution in [1.29, 1.82) is 0 Å². The third kappa shape index (κ3) is 5.48. The number of hydroxylamine groups is 2. The molecule has 5 nitrogen and oxygen atoms in total. The topological polar surface area (TPSA) is 59.0 Å². The fraction of sp³-hybridized carbons (Fsp3) is 0.667. The lowest BCUT2D eigenvalue weighted by Gasteiger charge is -2.47. The van der Waals surface area contributed by atoms with Crippen molar-refractivity contribution in [2.45, 2.75) is 83.5 Å². The molecule has 0 saturated carbocycles. The lowest BCUT2D eigenvalue weighted by Crippen LogP contribution is -2.61. The number of hydrogen-bond acceptors (Lipinski definition) is 5. The van der Waals surface area contributed by atoms with Gasteiger partial charge in [-0.05, 0) is 37.5 Å². The number of rotatable bonds is 6. The number of Topliss-reactive ketones (excluding diaryl/α,β-unsaturated/α-hetero) is 1. The number of nitrogens with zero attached hydrogens (tertiary/aromatic N) is 1. The molecule has 0 bridgehead atoms. The molecule has 2 rings (SSSR count). The van der Waals surface area contributed by atoms with Crippen LogP contribution in [0.3, 0.4) is 0 Å². The summed E-state index contributed by atoms with van der Waals surface area (Å²) in [5, 5.41) is 11.7. The number of hydrogen-bond donors (Lipinski definition) is 1. The zero-order valence-corrected chi connectivity index (χ0v) is 18.8. The zero-order chi connectivity index (χ0) is 20.5. The molecule has 1 heterocycles. The smallest absolute Gasteiger partial charge is 0.220 e. The normalized spacial score (nSPS) is 23.7. The van der Waals surface area contributed by atoms with Crippen LogP contribution in [-0.4, -0.2) is 48.6 Å². The van der Waals surface area contributed by atoms with Gasteiger partial charge >= 0.3 is 0 Å². The largest absolute Gasteiger partial charge is 0.394 e. The Morgan fingerprint density at radius 2 is 1.85 bits per heavy atom. The van der Waals surface area contributed by atoms with E-state index in [9.17, 15) is 9.90 Å². The number of carbonyl (C=O) groups excluding carboxylic acids is 1. The van der Waals surface area contributed by atoms with Crippen molar-refractivity contribution in [2.75, 3.05) is 6.61 Å². The summed E-state index contributed by atoms with van der Waals surface area (Å²) in [6, 6.07) is 9.35. The van der Waals surface area contributed by atoms with Gasteiger partial charge < -0.3 is 14.4 Å². The second-order valence-corrected chi connectivity index (χ2v) is 14.3. The minimum atomic E-state index is -2.18. The molecule has 27 heavy (non-hydrogen) atoms. The molecule has 0 radical (unpaired) electrons. The molecule has 1 aliphatic rings. The Bertz CT molecular complexity index is 639. The van der Waals surface area contributed by atoms with Crippen LogP contribution in [0.1, 0.15) is 46.6 Å². The number of carbonyl (C=O) groups is 1. The first-order chi connectivity index (χ1) is 12.4. The van der Waals surface area contributed by atoms with Gasteiger partial charge in [-0.2, -0.15) is 5.06 Å². The van der Waals surface area contributed by atoms with Crippen LogP contribution in [0.5, 0.6) is 0 Å². The summed E-state index contributed by atoms with van der Waals surface area (Å²) in [5.74, 6) is 0.0555. The van der Waals surface area contributed by atoms with Gasteiger partial charge in [-0.3, -0.25) is 4.79 Å². The van der Waals surface area contributed by atoms with Crippen molar-refractivity contribution < 1.29 is 19.2 Å². The fourth-order valence-electron chi connectivity index (χ4n) is 3.11. The van der Waals surface area contributed by atoms with E-state index in [0.29, 0.717) is 13.0 Å². The Labute approximate surface area is 164 Å². The maximum atomic E-state index is 13.0. The van der Waals surface area contributed by atoms with Crippen molar-refractivity contribution >= 4 is 14.1 Å². The van der Waals surface area contributed by atoms with Crippen molar-refractivity contribution in [3.05, 3.63) is 35.9 Å². The maximum absolute atomic E-state index is 13.0. The highest BCUT2D eigenvalue weighted by Gasteiger charge is 2.48. The van der Waals surface area contributed by atoms with Gasteiger partial charge in [-0.25, -0.2) is 0 Å². The molecule has 0 spiro atoms. The first kappa shape index (κ1) is 22.2. The Morgan fingerprint density at radius 1 is 1.26 bits per heavy atom. The summed E-state index contributed by atoms with van der Waals surface area (Å²) < 4.78 is 12.6. The summed E-state index contributed by atoms with van der Waals surface area (Å²) in [7, 11) is -2.18. The summed E-state index contributed by atoms with van der Waals surface area (Å²) in [4.78, 5) is 13.0. The Hall–Kier alpha value is -1.05. The molecule has 1 N–H and O–H groups in total. The summed E-state index contributed by atoms with van der Waals surface area (Å²) in [6.07, 6.45) is -0.296. The monoisotopic (exact) mass is 393 g/mol. The number of aliphatic hydroxyl groups excluding tert-OH is 1. The second kappa shape index (κ2) is 8.13. The predicted molar refractivity (Wildman–Crippen MR) is 110 cm³/mol. The first-order valence-electron chi connectivity index (χ1n) is 9.67. The molecule has 1 aromatic rings. The number of ketones is 1. The Kier molecular flexibility index (Phi) is 6.70. The van der Waals surface area contributed by atoms with E-state index < -0.39 is 26.1 Å². The molecule has 2 atom stereocenters. The van der Waals surface area contributed by atoms with E-state index in [2.05, 4.69) is 33.9 Å². The minimum Gasteiger partial charge on any atom is -0.394 e. The van der Waals surface area contributed by atoms with E-state index in [-0.39, 0.29) is 17.4 Å². The number of ether oxygens (including phenoxy) is 1. The van der Waals surface area contributed by atoms with E-state index in [4.69, 9.17) is 9.26 Å². The summed E-state index contributed by atoms with van der Waals surface area (Å²) in [5.41, 5.74) is 0.488. The van der Waals surface area contributed by atoms with Gasteiger partial charge in [0.25, 0.3) is 0 Å². The van der Waals surface area contributed by atoms with Crippen molar-refractivity contribution in [3.8, 4) is 0 Å². The first-order valence-corrected chi connectivity index (χ1v) is 12.6. The van der Waals surface area contributed by atoms with Crippen LogP contribution in [0, 0.1) is 0 Å². The minimum absolute atomic E-state index is 0.00546. The van der Waals surface area contributed by atoms with Gasteiger partial charge in [0.2, 0.25) is 8.32 Å². The van der Waals surface area contributed by atoms with E-state index in [0.717, 1.165) is 5.56 Å². The van der Waals surface area contributed by atoms with Gasteiger partial charge in [-0.15, -0.1) is 0 Å². The molecular formula is C21H35NO4Si. The Morgan fingerprint density at radius 3 is 2.37 bits per heavy atom. The van der Waals surface area contributed by atoms with E-state index in [1.54, 1.807) is 5.06 Å². The van der Waals surface area contributed by atoms with E-state index >= 15 is 0 Å².